The van der Waals surface area contributed by atoms with Crippen molar-refractivity contribution in [1.82, 2.24) is 0 Å². The van der Waals surface area contributed by atoms with E-state index in [1.165, 1.54) is 0 Å². The molecule has 12 heavy (non-hydrogen) atoms. The summed E-state index contributed by atoms with van der Waals surface area (Å²) in [6, 6.07) is 0. The van der Waals surface area contributed by atoms with Crippen LogP contribution >= 0.6 is 0 Å². The lowest BCUT2D eigenvalue weighted by atomic mass is 10.1. The highest BCUT2D eigenvalue weighted by molar-refractivity contribution is 6.36. The fourth-order valence-electron chi connectivity index (χ4n) is 0.453. The van der Waals surface area contributed by atoms with Gasteiger partial charge < -0.3 is 15.3 Å². The largest absolute Gasteiger partial charge is 0.475 e. The van der Waals surface area contributed by atoms with Crippen molar-refractivity contribution in [3.63, 3.8) is 0 Å². The molecule has 0 fully saturated rings. The average Bonchev–Trinajstić information content (AvgIpc) is 2.02. The zero-order valence-corrected chi connectivity index (χ0v) is 6.06. The number of carbonyl (C=O) groups is 3. The lowest BCUT2D eigenvalue weighted by Gasteiger charge is -2.02. The van der Waals surface area contributed by atoms with Crippen LogP contribution in [0.2, 0.25) is 0 Å². The third-order valence-corrected chi connectivity index (χ3v) is 1.12. The van der Waals surface area contributed by atoms with E-state index in [1.807, 2.05) is 0 Å². The molecule has 6 heteroatoms. The third-order valence-electron chi connectivity index (χ3n) is 1.12. The molecule has 1 unspecified atom stereocenters. The summed E-state index contributed by atoms with van der Waals surface area (Å²) in [5.74, 6) is -4.02. The Labute approximate surface area is 67.4 Å². The van der Waals surface area contributed by atoms with Gasteiger partial charge in [-0.2, -0.15) is 0 Å². The molecule has 0 aromatic heterocycles. The molecule has 0 spiro atoms. The highest BCUT2D eigenvalue weighted by Crippen LogP contribution is 1.92. The van der Waals surface area contributed by atoms with Gasteiger partial charge in [0.25, 0.3) is 0 Å². The Morgan fingerprint density at radius 2 is 1.75 bits per heavy atom. The average molecular weight is 176 g/mol. The topological polar surface area (TPSA) is 112 Å². The normalized spacial score (nSPS) is 12.2. The first-order valence-electron chi connectivity index (χ1n) is 3.06. The van der Waals surface area contributed by atoms with Gasteiger partial charge in [-0.15, -0.1) is 0 Å². The van der Waals surface area contributed by atoms with Crippen molar-refractivity contribution in [2.75, 3.05) is 6.61 Å². The number of aliphatic hydroxyl groups is 2. The minimum atomic E-state index is -1.73. The van der Waals surface area contributed by atoms with Crippen molar-refractivity contribution >= 4 is 17.5 Å². The van der Waals surface area contributed by atoms with Gasteiger partial charge in [0.05, 0.1) is 13.0 Å². The van der Waals surface area contributed by atoms with Gasteiger partial charge in [-0.25, -0.2) is 4.79 Å². The van der Waals surface area contributed by atoms with E-state index in [2.05, 4.69) is 0 Å². The van der Waals surface area contributed by atoms with Crippen LogP contribution in [-0.4, -0.2) is 45.6 Å². The van der Waals surface area contributed by atoms with Crippen LogP contribution in [0.4, 0.5) is 0 Å². The second-order valence-electron chi connectivity index (χ2n) is 2.07. The molecule has 0 aromatic rings. The predicted octanol–water partition coefficient (Wildman–Crippen LogP) is -2.05. The first-order valence-corrected chi connectivity index (χ1v) is 3.06. The number of rotatable bonds is 5. The quantitative estimate of drug-likeness (QED) is 0.328. The van der Waals surface area contributed by atoms with Crippen LogP contribution in [0, 0.1) is 0 Å². The first kappa shape index (κ1) is 10.7. The zero-order chi connectivity index (χ0) is 9.72. The maximum absolute atomic E-state index is 10.6. The second-order valence-corrected chi connectivity index (χ2v) is 2.07. The second kappa shape index (κ2) is 4.58. The lowest BCUT2D eigenvalue weighted by molar-refractivity contribution is -0.151. The van der Waals surface area contributed by atoms with E-state index in [4.69, 9.17) is 15.3 Å². The zero-order valence-electron chi connectivity index (χ0n) is 6.06. The van der Waals surface area contributed by atoms with Crippen molar-refractivity contribution in [1.29, 1.82) is 0 Å². The number of aliphatic hydroxyl groups excluding tert-OH is 2. The van der Waals surface area contributed by atoms with Crippen LogP contribution < -0.4 is 0 Å². The Hall–Kier alpha value is -1.27. The van der Waals surface area contributed by atoms with E-state index >= 15 is 0 Å². The molecule has 0 saturated carbocycles. The molecule has 0 rings (SSSR count). The summed E-state index contributed by atoms with van der Waals surface area (Å²) in [6.07, 6.45) is -2.56. The van der Waals surface area contributed by atoms with E-state index in [1.54, 1.807) is 0 Å². The highest BCUT2D eigenvalue weighted by Gasteiger charge is 2.21. The number of carboxylic acid groups (broad SMARTS) is 1. The molecule has 0 bridgehead atoms. The molecule has 0 aliphatic rings. The molecule has 0 aliphatic heterocycles. The summed E-state index contributed by atoms with van der Waals surface area (Å²) in [5.41, 5.74) is 0. The number of Topliss-reactive ketones (excluding diaryl/α,β-unsaturated/α-hetero) is 2. The number of ketones is 2. The predicted molar refractivity (Wildman–Crippen MR) is 35.4 cm³/mol. The number of carboxylic acids is 1. The molecular weight excluding hydrogens is 168 g/mol. The molecule has 0 amide bonds. The number of carbonyl (C=O) groups excluding carboxylic acids is 2. The molecule has 0 radical (unpaired) electrons. The summed E-state index contributed by atoms with van der Waals surface area (Å²) >= 11 is 0. The first-order chi connectivity index (χ1) is 5.49. The van der Waals surface area contributed by atoms with Crippen molar-refractivity contribution in [2.24, 2.45) is 0 Å². The van der Waals surface area contributed by atoms with E-state index in [9.17, 15) is 14.4 Å². The molecule has 0 aromatic carbocycles. The fourth-order valence-corrected chi connectivity index (χ4v) is 0.453. The number of aliphatic carboxylic acids is 1. The van der Waals surface area contributed by atoms with Gasteiger partial charge in [-0.05, 0) is 0 Å². The Balaban J connectivity index is 4.01. The Kier molecular flexibility index (Phi) is 4.09. The smallest absolute Gasteiger partial charge is 0.372 e. The van der Waals surface area contributed by atoms with Crippen molar-refractivity contribution in [2.45, 2.75) is 12.5 Å². The van der Waals surface area contributed by atoms with E-state index in [0.29, 0.717) is 0 Å². The van der Waals surface area contributed by atoms with E-state index in [-0.39, 0.29) is 0 Å². The molecule has 0 heterocycles. The van der Waals surface area contributed by atoms with Gasteiger partial charge in [0, 0.05) is 0 Å². The van der Waals surface area contributed by atoms with Gasteiger partial charge in [-0.3, -0.25) is 9.59 Å². The van der Waals surface area contributed by atoms with Crippen molar-refractivity contribution < 1.29 is 29.7 Å². The van der Waals surface area contributed by atoms with Crippen LogP contribution in [0.1, 0.15) is 6.42 Å². The van der Waals surface area contributed by atoms with Crippen LogP contribution in [0.3, 0.4) is 0 Å². The molecule has 1 atom stereocenters. The minimum Gasteiger partial charge on any atom is -0.475 e. The summed E-state index contributed by atoms with van der Waals surface area (Å²) in [7, 11) is 0. The van der Waals surface area contributed by atoms with Gasteiger partial charge in [-0.1, -0.05) is 0 Å². The molecule has 0 saturated heterocycles. The van der Waals surface area contributed by atoms with Gasteiger partial charge in [0.15, 0.2) is 5.78 Å². The fraction of sp³-hybridized carbons (Fsp3) is 0.500. The Bertz CT molecular complexity index is 208. The summed E-state index contributed by atoms with van der Waals surface area (Å²) < 4.78 is 0. The molecule has 68 valence electrons. The minimum absolute atomic E-state index is 0.814. The van der Waals surface area contributed by atoms with Gasteiger partial charge in [0.2, 0.25) is 5.78 Å². The maximum Gasteiger partial charge on any atom is 0.372 e. The highest BCUT2D eigenvalue weighted by atomic mass is 16.4. The SMILES string of the molecule is O=C(O)C(=O)CC(=O)C(O)CO. The van der Waals surface area contributed by atoms with Gasteiger partial charge >= 0.3 is 5.97 Å². The van der Waals surface area contributed by atoms with Crippen LogP contribution in [-0.2, 0) is 14.4 Å². The molecule has 6 nitrogen and oxygen atoms in total. The Morgan fingerprint density at radius 3 is 2.08 bits per heavy atom. The summed E-state index contributed by atoms with van der Waals surface area (Å²) in [6.45, 7) is -0.814. The van der Waals surface area contributed by atoms with E-state index in [0.717, 1.165) is 0 Å². The van der Waals surface area contributed by atoms with Crippen LogP contribution in [0.25, 0.3) is 0 Å². The maximum atomic E-state index is 10.6. The molecule has 0 aliphatic carbocycles. The monoisotopic (exact) mass is 176 g/mol. The number of hydrogen-bond donors (Lipinski definition) is 3. The Morgan fingerprint density at radius 1 is 1.25 bits per heavy atom. The standard InChI is InChI=1S/C6H8O6/c7-2-5(10)3(8)1-4(9)6(11)12/h5,7,10H,1-2H2,(H,11,12). The third kappa shape index (κ3) is 3.22. The van der Waals surface area contributed by atoms with Crippen molar-refractivity contribution in [3.05, 3.63) is 0 Å². The van der Waals surface area contributed by atoms with Crippen LogP contribution in [0.15, 0.2) is 0 Å². The van der Waals surface area contributed by atoms with Gasteiger partial charge in [0.1, 0.15) is 6.10 Å². The van der Waals surface area contributed by atoms with Crippen LogP contribution in [0.5, 0.6) is 0 Å². The summed E-state index contributed by atoms with van der Waals surface area (Å²) in [5, 5.41) is 24.9. The van der Waals surface area contributed by atoms with E-state index < -0.39 is 36.7 Å². The van der Waals surface area contributed by atoms with Crippen molar-refractivity contribution in [3.8, 4) is 0 Å². The summed E-state index contributed by atoms with van der Waals surface area (Å²) in [4.78, 5) is 30.9. The lowest BCUT2D eigenvalue weighted by Crippen LogP contribution is -2.28. The molecule has 3 N–H and O–H groups in total. The molecular formula is C6H8O6. The number of hydrogen-bond acceptors (Lipinski definition) is 5.